The van der Waals surface area contributed by atoms with Crippen LogP contribution in [0.25, 0.3) is 0 Å². The molecular formula is C20H24ClN5O2. The van der Waals surface area contributed by atoms with E-state index < -0.39 is 5.60 Å². The number of carbonyl (C=O) groups is 1. The second-order valence-electron chi connectivity index (χ2n) is 8.41. The van der Waals surface area contributed by atoms with Gasteiger partial charge in [0, 0.05) is 25.0 Å². The van der Waals surface area contributed by atoms with Crippen LogP contribution in [0.15, 0.2) is 0 Å². The van der Waals surface area contributed by atoms with Crippen molar-refractivity contribution in [3.63, 3.8) is 0 Å². The highest BCUT2D eigenvalue weighted by atomic mass is 35.5. The molecule has 2 aliphatic rings. The zero-order valence-electron chi connectivity index (χ0n) is 16.6. The Morgan fingerprint density at radius 3 is 2.57 bits per heavy atom. The lowest BCUT2D eigenvalue weighted by Gasteiger charge is -2.46. The highest BCUT2D eigenvalue weighted by molar-refractivity contribution is 6.30. The van der Waals surface area contributed by atoms with Gasteiger partial charge in [-0.05, 0) is 39.2 Å². The van der Waals surface area contributed by atoms with Gasteiger partial charge in [0.05, 0.1) is 11.1 Å². The summed E-state index contributed by atoms with van der Waals surface area (Å²) < 4.78 is 5.56. The molecule has 2 aliphatic heterocycles. The van der Waals surface area contributed by atoms with Gasteiger partial charge in [0.1, 0.15) is 34.8 Å². The molecule has 3 heterocycles. The van der Waals surface area contributed by atoms with Gasteiger partial charge in [-0.3, -0.25) is 4.79 Å². The van der Waals surface area contributed by atoms with E-state index in [4.69, 9.17) is 16.3 Å². The van der Waals surface area contributed by atoms with Gasteiger partial charge in [-0.1, -0.05) is 18.5 Å². The highest BCUT2D eigenvalue weighted by Crippen LogP contribution is 2.43. The lowest BCUT2D eigenvalue weighted by atomic mass is 9.72. The van der Waals surface area contributed by atoms with Gasteiger partial charge >= 0.3 is 5.97 Å². The molecule has 1 N–H and O–H groups in total. The van der Waals surface area contributed by atoms with Crippen LogP contribution in [0.5, 0.6) is 0 Å². The normalized spacial score (nSPS) is 23.8. The van der Waals surface area contributed by atoms with Crippen molar-refractivity contribution in [3.8, 4) is 12.1 Å². The summed E-state index contributed by atoms with van der Waals surface area (Å²) in [5, 5.41) is 22.4. The number of aromatic nitrogens is 1. The molecule has 7 nitrogen and oxygen atoms in total. The van der Waals surface area contributed by atoms with E-state index in [0.29, 0.717) is 43.0 Å². The van der Waals surface area contributed by atoms with Gasteiger partial charge in [-0.25, -0.2) is 4.98 Å². The number of hydrogen-bond acceptors (Lipinski definition) is 7. The molecule has 148 valence electrons. The van der Waals surface area contributed by atoms with Crippen molar-refractivity contribution in [2.45, 2.75) is 52.2 Å². The van der Waals surface area contributed by atoms with Crippen molar-refractivity contribution in [1.82, 2.24) is 10.3 Å². The molecule has 1 spiro atoms. The minimum absolute atomic E-state index is 0.115. The third-order valence-corrected chi connectivity index (χ3v) is 5.69. The predicted molar refractivity (Wildman–Crippen MR) is 105 cm³/mol. The zero-order chi connectivity index (χ0) is 20.7. The maximum absolute atomic E-state index is 12.6. The van der Waals surface area contributed by atoms with E-state index in [0.717, 1.165) is 6.42 Å². The summed E-state index contributed by atoms with van der Waals surface area (Å²) in [4.78, 5) is 18.9. The van der Waals surface area contributed by atoms with Crippen molar-refractivity contribution in [2.24, 2.45) is 5.41 Å². The van der Waals surface area contributed by atoms with Gasteiger partial charge < -0.3 is 15.0 Å². The van der Waals surface area contributed by atoms with Crippen LogP contribution < -0.4 is 10.2 Å². The molecule has 0 bridgehead atoms. The third-order valence-electron chi connectivity index (χ3n) is 5.41. The van der Waals surface area contributed by atoms with E-state index in [-0.39, 0.29) is 28.1 Å². The van der Waals surface area contributed by atoms with Crippen molar-refractivity contribution >= 4 is 23.4 Å². The molecule has 2 saturated heterocycles. The smallest absolute Gasteiger partial charge is 0.324 e. The fourth-order valence-corrected chi connectivity index (χ4v) is 4.28. The van der Waals surface area contributed by atoms with Crippen LogP contribution in [-0.2, 0) is 16.0 Å². The lowest BCUT2D eigenvalue weighted by molar-refractivity contribution is -0.165. The Morgan fingerprint density at radius 2 is 2.07 bits per heavy atom. The number of rotatable bonds is 3. The SMILES string of the molecule is CCc1c(C#N)c(Cl)nc(N2CCC3(CNC3C(=O)OC(C)(C)C)C2)c1C#N. The first kappa shape index (κ1) is 20.4. The van der Waals surface area contributed by atoms with Gasteiger partial charge in [0.2, 0.25) is 0 Å². The molecule has 0 aliphatic carbocycles. The number of ether oxygens (including phenoxy) is 1. The number of hydrogen-bond donors (Lipinski definition) is 1. The van der Waals surface area contributed by atoms with Gasteiger partial charge in [0.15, 0.2) is 0 Å². The van der Waals surface area contributed by atoms with Gasteiger partial charge in [-0.15, -0.1) is 0 Å². The molecule has 1 aromatic rings. The predicted octanol–water partition coefficient (Wildman–Crippen LogP) is 2.55. The zero-order valence-corrected chi connectivity index (χ0v) is 17.4. The summed E-state index contributed by atoms with van der Waals surface area (Å²) in [6.07, 6.45) is 1.30. The first-order valence-electron chi connectivity index (χ1n) is 9.39. The summed E-state index contributed by atoms with van der Waals surface area (Å²) in [5.74, 6) is 0.247. The largest absolute Gasteiger partial charge is 0.459 e. The molecule has 1 aromatic heterocycles. The molecule has 0 saturated carbocycles. The third kappa shape index (κ3) is 3.41. The number of nitrogens with zero attached hydrogens (tertiary/aromatic N) is 4. The van der Waals surface area contributed by atoms with Crippen LogP contribution in [0.3, 0.4) is 0 Å². The topological polar surface area (TPSA) is 102 Å². The van der Waals surface area contributed by atoms with E-state index in [1.165, 1.54) is 0 Å². The average molecular weight is 402 g/mol. The van der Waals surface area contributed by atoms with Crippen molar-refractivity contribution in [3.05, 3.63) is 21.8 Å². The first-order chi connectivity index (χ1) is 13.2. The second-order valence-corrected chi connectivity index (χ2v) is 8.77. The van der Waals surface area contributed by atoms with Crippen LogP contribution in [-0.4, -0.2) is 42.2 Å². The number of esters is 1. The van der Waals surface area contributed by atoms with Crippen LogP contribution >= 0.6 is 11.6 Å². The summed E-state index contributed by atoms with van der Waals surface area (Å²) in [5.41, 5.74) is 0.483. The van der Waals surface area contributed by atoms with Crippen LogP contribution in [0.4, 0.5) is 5.82 Å². The summed E-state index contributed by atoms with van der Waals surface area (Å²) in [6, 6.07) is 3.88. The monoisotopic (exact) mass is 401 g/mol. The summed E-state index contributed by atoms with van der Waals surface area (Å²) in [7, 11) is 0. The van der Waals surface area contributed by atoms with Gasteiger partial charge in [0.25, 0.3) is 0 Å². The second kappa shape index (κ2) is 7.24. The number of anilines is 1. The van der Waals surface area contributed by atoms with Crippen LogP contribution in [0, 0.1) is 28.1 Å². The Labute approximate surface area is 170 Å². The van der Waals surface area contributed by atoms with E-state index in [2.05, 4.69) is 22.4 Å². The Morgan fingerprint density at radius 1 is 1.39 bits per heavy atom. The molecule has 3 rings (SSSR count). The van der Waals surface area contributed by atoms with Crippen molar-refractivity contribution in [2.75, 3.05) is 24.5 Å². The summed E-state index contributed by atoms with van der Waals surface area (Å²) in [6.45, 7) is 9.39. The average Bonchev–Trinajstić information content (AvgIpc) is 3.05. The lowest BCUT2D eigenvalue weighted by Crippen LogP contribution is -2.67. The molecule has 2 unspecified atom stereocenters. The quantitative estimate of drug-likeness (QED) is 0.613. The Hall–Kier alpha value is -2.35. The van der Waals surface area contributed by atoms with Crippen LogP contribution in [0.2, 0.25) is 5.15 Å². The molecule has 8 heteroatoms. The molecule has 28 heavy (non-hydrogen) atoms. The minimum atomic E-state index is -0.542. The first-order valence-corrected chi connectivity index (χ1v) is 9.77. The minimum Gasteiger partial charge on any atom is -0.459 e. The number of pyridine rings is 1. The number of nitriles is 2. The molecule has 0 radical (unpaired) electrons. The van der Waals surface area contributed by atoms with Gasteiger partial charge in [-0.2, -0.15) is 10.5 Å². The Kier molecular flexibility index (Phi) is 5.27. The fourth-order valence-electron chi connectivity index (χ4n) is 4.05. The molecule has 0 amide bonds. The van der Waals surface area contributed by atoms with Crippen molar-refractivity contribution < 1.29 is 9.53 Å². The van der Waals surface area contributed by atoms with E-state index in [1.807, 2.05) is 32.6 Å². The molecule has 2 atom stereocenters. The maximum atomic E-state index is 12.6. The number of nitrogens with one attached hydrogen (secondary N) is 1. The summed E-state index contributed by atoms with van der Waals surface area (Å²) >= 11 is 6.24. The standard InChI is InChI=1S/C20H24ClN5O2/c1-5-12-13(8-22)16(21)25-17(14(12)9-23)26-7-6-20(11-26)10-24-15(20)18(27)28-19(2,3)4/h15,24H,5-7,10-11H2,1-4H3. The van der Waals surface area contributed by atoms with E-state index in [1.54, 1.807) is 0 Å². The Balaban J connectivity index is 1.89. The molecular weight excluding hydrogens is 378 g/mol. The number of halogens is 1. The maximum Gasteiger partial charge on any atom is 0.324 e. The molecule has 0 aromatic carbocycles. The van der Waals surface area contributed by atoms with Crippen molar-refractivity contribution in [1.29, 1.82) is 10.5 Å². The van der Waals surface area contributed by atoms with Crippen LogP contribution in [0.1, 0.15) is 50.8 Å². The highest BCUT2D eigenvalue weighted by Gasteiger charge is 2.55. The fraction of sp³-hybridized carbons (Fsp3) is 0.600. The molecule has 2 fully saturated rings. The van der Waals surface area contributed by atoms with E-state index >= 15 is 0 Å². The Bertz CT molecular complexity index is 896. The van der Waals surface area contributed by atoms with E-state index in [9.17, 15) is 15.3 Å². The number of carbonyl (C=O) groups excluding carboxylic acids is 1.